The number of carbonyl (C=O) groups is 1. The number of nitrogens with zero attached hydrogens (tertiary/aromatic N) is 1. The van der Waals surface area contributed by atoms with E-state index in [4.69, 9.17) is 21.1 Å². The van der Waals surface area contributed by atoms with Gasteiger partial charge in [0.1, 0.15) is 17.2 Å². The lowest BCUT2D eigenvalue weighted by Gasteiger charge is -2.11. The molecule has 0 bridgehead atoms. The minimum atomic E-state index is -0.291. The zero-order chi connectivity index (χ0) is 17.6. The number of pyridine rings is 1. The smallest absolute Gasteiger partial charge is 0.255 e. The van der Waals surface area contributed by atoms with Gasteiger partial charge >= 0.3 is 0 Å². The van der Waals surface area contributed by atoms with Crippen LogP contribution in [0.4, 0.5) is 5.69 Å². The van der Waals surface area contributed by atoms with Crippen LogP contribution in [0.3, 0.4) is 0 Å². The maximum absolute atomic E-state index is 12.5. The molecule has 0 aliphatic carbocycles. The van der Waals surface area contributed by atoms with Crippen molar-refractivity contribution in [3.05, 3.63) is 77.6 Å². The molecule has 2 aromatic carbocycles. The van der Waals surface area contributed by atoms with E-state index >= 15 is 0 Å². The number of methoxy groups -OCH3 is 1. The molecule has 6 heteroatoms. The SMILES string of the molecule is COc1ccc(Cl)cc1NC(=O)c1cccc(Oc2ccncc2)c1. The summed E-state index contributed by atoms with van der Waals surface area (Å²) in [5.74, 6) is 1.43. The summed E-state index contributed by atoms with van der Waals surface area (Å²) in [5, 5.41) is 3.30. The summed E-state index contributed by atoms with van der Waals surface area (Å²) in [6.07, 6.45) is 3.27. The predicted octanol–water partition coefficient (Wildman–Crippen LogP) is 4.79. The van der Waals surface area contributed by atoms with Crippen molar-refractivity contribution >= 4 is 23.2 Å². The number of carbonyl (C=O) groups excluding carboxylic acids is 1. The van der Waals surface area contributed by atoms with Gasteiger partial charge in [-0.1, -0.05) is 17.7 Å². The Bertz CT molecular complexity index is 885. The summed E-state index contributed by atoms with van der Waals surface area (Å²) in [6.45, 7) is 0. The Kier molecular flexibility index (Phi) is 5.16. The van der Waals surface area contributed by atoms with E-state index in [9.17, 15) is 4.79 Å². The van der Waals surface area contributed by atoms with Gasteiger partial charge in [0.05, 0.1) is 12.8 Å². The lowest BCUT2D eigenvalue weighted by atomic mass is 10.2. The summed E-state index contributed by atoms with van der Waals surface area (Å²) in [4.78, 5) is 16.5. The highest BCUT2D eigenvalue weighted by Gasteiger charge is 2.11. The molecular weight excluding hydrogens is 340 g/mol. The first-order valence-corrected chi connectivity index (χ1v) is 7.86. The van der Waals surface area contributed by atoms with Crippen LogP contribution in [-0.4, -0.2) is 18.0 Å². The third-order valence-electron chi connectivity index (χ3n) is 3.39. The van der Waals surface area contributed by atoms with E-state index in [0.717, 1.165) is 0 Å². The molecule has 0 radical (unpaired) electrons. The number of rotatable bonds is 5. The third kappa shape index (κ3) is 4.28. The monoisotopic (exact) mass is 354 g/mol. The molecular formula is C19H15ClN2O3. The molecule has 1 N–H and O–H groups in total. The van der Waals surface area contributed by atoms with E-state index in [2.05, 4.69) is 10.3 Å². The number of halogens is 1. The van der Waals surface area contributed by atoms with E-state index in [0.29, 0.717) is 33.5 Å². The summed E-state index contributed by atoms with van der Waals surface area (Å²) in [6, 6.07) is 15.4. The summed E-state index contributed by atoms with van der Waals surface area (Å²) >= 11 is 5.99. The molecule has 0 aliphatic heterocycles. The van der Waals surface area contributed by atoms with Crippen LogP contribution in [0.25, 0.3) is 0 Å². The van der Waals surface area contributed by atoms with E-state index < -0.39 is 0 Å². The van der Waals surface area contributed by atoms with Gasteiger partial charge < -0.3 is 14.8 Å². The van der Waals surface area contributed by atoms with Gasteiger partial charge in [0.2, 0.25) is 0 Å². The zero-order valence-corrected chi connectivity index (χ0v) is 14.2. The van der Waals surface area contributed by atoms with Gasteiger partial charge in [0, 0.05) is 23.0 Å². The lowest BCUT2D eigenvalue weighted by molar-refractivity contribution is 0.102. The van der Waals surface area contributed by atoms with Crippen molar-refractivity contribution in [2.75, 3.05) is 12.4 Å². The molecule has 0 saturated heterocycles. The van der Waals surface area contributed by atoms with Crippen molar-refractivity contribution in [3.8, 4) is 17.2 Å². The predicted molar refractivity (Wildman–Crippen MR) is 96.7 cm³/mol. The van der Waals surface area contributed by atoms with Crippen LogP contribution in [0.2, 0.25) is 5.02 Å². The number of hydrogen-bond donors (Lipinski definition) is 1. The minimum absolute atomic E-state index is 0.291. The molecule has 126 valence electrons. The van der Waals surface area contributed by atoms with E-state index in [-0.39, 0.29) is 5.91 Å². The second-order valence-corrected chi connectivity index (χ2v) is 5.55. The average molecular weight is 355 g/mol. The summed E-state index contributed by atoms with van der Waals surface area (Å²) < 4.78 is 11.0. The van der Waals surface area contributed by atoms with E-state index in [1.807, 2.05) is 0 Å². The quantitative estimate of drug-likeness (QED) is 0.715. The van der Waals surface area contributed by atoms with Gasteiger partial charge in [-0.25, -0.2) is 0 Å². The highest BCUT2D eigenvalue weighted by atomic mass is 35.5. The van der Waals surface area contributed by atoms with Crippen LogP contribution >= 0.6 is 11.6 Å². The van der Waals surface area contributed by atoms with Gasteiger partial charge in [-0.2, -0.15) is 0 Å². The Balaban J connectivity index is 1.79. The lowest BCUT2D eigenvalue weighted by Crippen LogP contribution is -2.12. The third-order valence-corrected chi connectivity index (χ3v) is 3.63. The van der Waals surface area contributed by atoms with Crippen LogP contribution < -0.4 is 14.8 Å². The van der Waals surface area contributed by atoms with Gasteiger partial charge in [0.15, 0.2) is 0 Å². The van der Waals surface area contributed by atoms with Crippen LogP contribution in [0.5, 0.6) is 17.2 Å². The van der Waals surface area contributed by atoms with Gasteiger partial charge in [0.25, 0.3) is 5.91 Å². The average Bonchev–Trinajstić information content (AvgIpc) is 2.63. The molecule has 3 rings (SSSR count). The molecule has 1 heterocycles. The first-order valence-electron chi connectivity index (χ1n) is 7.48. The van der Waals surface area contributed by atoms with Crippen molar-refractivity contribution in [3.63, 3.8) is 0 Å². The molecule has 0 aliphatic rings. The number of aromatic nitrogens is 1. The van der Waals surface area contributed by atoms with E-state index in [1.165, 1.54) is 7.11 Å². The number of amides is 1. The maximum Gasteiger partial charge on any atom is 0.255 e. The second-order valence-electron chi connectivity index (χ2n) is 5.11. The van der Waals surface area contributed by atoms with Crippen molar-refractivity contribution in [1.82, 2.24) is 4.98 Å². The molecule has 0 fully saturated rings. The Hall–Kier alpha value is -3.05. The van der Waals surface area contributed by atoms with Crippen molar-refractivity contribution in [2.24, 2.45) is 0 Å². The first kappa shape index (κ1) is 16.8. The first-order chi connectivity index (χ1) is 12.2. The fourth-order valence-electron chi connectivity index (χ4n) is 2.22. The van der Waals surface area contributed by atoms with Gasteiger partial charge in [-0.15, -0.1) is 0 Å². The van der Waals surface area contributed by atoms with Crippen LogP contribution in [0, 0.1) is 0 Å². The topological polar surface area (TPSA) is 60.5 Å². The second kappa shape index (κ2) is 7.68. The number of hydrogen-bond acceptors (Lipinski definition) is 4. The number of nitrogens with one attached hydrogen (secondary N) is 1. The fourth-order valence-corrected chi connectivity index (χ4v) is 2.39. The Morgan fingerprint density at radius 3 is 2.60 bits per heavy atom. The minimum Gasteiger partial charge on any atom is -0.495 e. The van der Waals surface area contributed by atoms with Crippen LogP contribution in [0.1, 0.15) is 10.4 Å². The summed E-state index contributed by atoms with van der Waals surface area (Å²) in [5.41, 5.74) is 0.953. The Labute approximate surface area is 150 Å². The van der Waals surface area contributed by atoms with Gasteiger partial charge in [-0.3, -0.25) is 9.78 Å². The van der Waals surface area contributed by atoms with Crippen molar-refractivity contribution < 1.29 is 14.3 Å². The van der Waals surface area contributed by atoms with Crippen molar-refractivity contribution in [2.45, 2.75) is 0 Å². The zero-order valence-electron chi connectivity index (χ0n) is 13.4. The Morgan fingerprint density at radius 1 is 1.04 bits per heavy atom. The van der Waals surface area contributed by atoms with Crippen molar-refractivity contribution in [1.29, 1.82) is 0 Å². The normalized spacial score (nSPS) is 10.2. The molecule has 0 atom stereocenters. The molecule has 0 unspecified atom stereocenters. The molecule has 1 aromatic heterocycles. The fraction of sp³-hybridized carbons (Fsp3) is 0.0526. The molecule has 0 saturated carbocycles. The number of ether oxygens (including phenoxy) is 2. The molecule has 0 spiro atoms. The highest BCUT2D eigenvalue weighted by Crippen LogP contribution is 2.28. The highest BCUT2D eigenvalue weighted by molar-refractivity contribution is 6.31. The number of anilines is 1. The summed E-state index contributed by atoms with van der Waals surface area (Å²) in [7, 11) is 1.53. The van der Waals surface area contributed by atoms with Crippen LogP contribution in [0.15, 0.2) is 67.0 Å². The number of benzene rings is 2. The molecule has 1 amide bonds. The largest absolute Gasteiger partial charge is 0.495 e. The maximum atomic E-state index is 12.5. The van der Waals surface area contributed by atoms with Gasteiger partial charge in [-0.05, 0) is 48.5 Å². The molecule has 5 nitrogen and oxygen atoms in total. The van der Waals surface area contributed by atoms with Crippen LogP contribution in [-0.2, 0) is 0 Å². The molecule has 3 aromatic rings. The standard InChI is InChI=1S/C19H15ClN2O3/c1-24-18-6-5-14(20)12-17(18)22-19(23)13-3-2-4-16(11-13)25-15-7-9-21-10-8-15/h2-12H,1H3,(H,22,23). The van der Waals surface area contributed by atoms with E-state index in [1.54, 1.807) is 67.0 Å². The Morgan fingerprint density at radius 2 is 1.84 bits per heavy atom. The molecule has 25 heavy (non-hydrogen) atoms.